The molecule has 0 spiro atoms. The van der Waals surface area contributed by atoms with E-state index in [0.29, 0.717) is 30.1 Å². The van der Waals surface area contributed by atoms with Crippen molar-refractivity contribution in [3.63, 3.8) is 0 Å². The Hall–Kier alpha value is -1.06. The van der Waals surface area contributed by atoms with Gasteiger partial charge in [-0.05, 0) is 18.6 Å². The van der Waals surface area contributed by atoms with Crippen LogP contribution >= 0.6 is 23.2 Å². The van der Waals surface area contributed by atoms with Crippen LogP contribution < -0.4 is 0 Å². The molecule has 1 aliphatic heterocycles. The Morgan fingerprint density at radius 2 is 2.16 bits per heavy atom. The van der Waals surface area contributed by atoms with Crippen molar-refractivity contribution in [2.75, 3.05) is 13.1 Å². The van der Waals surface area contributed by atoms with E-state index in [9.17, 15) is 9.59 Å². The number of nitrogens with zero attached hydrogens (tertiary/aromatic N) is 1. The van der Waals surface area contributed by atoms with E-state index in [1.54, 1.807) is 23.1 Å². The van der Waals surface area contributed by atoms with Gasteiger partial charge in [0.2, 0.25) is 0 Å². The maximum Gasteiger partial charge on any atom is 0.255 e. The van der Waals surface area contributed by atoms with Crippen LogP contribution in [0.3, 0.4) is 0 Å². The predicted molar refractivity (Wildman–Crippen MR) is 75.8 cm³/mol. The Labute approximate surface area is 122 Å². The minimum Gasteiger partial charge on any atom is -0.337 e. The smallest absolute Gasteiger partial charge is 0.255 e. The maximum atomic E-state index is 12.4. The number of likely N-dealkylation sites (tertiary alicyclic amines) is 1. The molecule has 0 saturated carbocycles. The highest BCUT2D eigenvalue weighted by atomic mass is 35.5. The summed E-state index contributed by atoms with van der Waals surface area (Å²) in [6, 6.07) is 5.01. The van der Waals surface area contributed by atoms with Crippen molar-refractivity contribution in [1.29, 1.82) is 0 Å². The van der Waals surface area contributed by atoms with Gasteiger partial charge in [0.05, 0.1) is 15.6 Å². The number of rotatable bonds is 2. The third-order valence-corrected chi connectivity index (χ3v) is 4.31. The number of hydrogen-bond donors (Lipinski definition) is 0. The fourth-order valence-corrected chi connectivity index (χ4v) is 2.67. The molecule has 0 N–H and O–H groups in total. The van der Waals surface area contributed by atoms with Crippen molar-refractivity contribution in [1.82, 2.24) is 4.90 Å². The molecule has 3 nitrogen and oxygen atoms in total. The molecule has 0 aliphatic carbocycles. The Morgan fingerprint density at radius 1 is 1.42 bits per heavy atom. The van der Waals surface area contributed by atoms with Gasteiger partial charge in [0.15, 0.2) is 0 Å². The number of amides is 1. The molecule has 102 valence electrons. The Morgan fingerprint density at radius 3 is 2.84 bits per heavy atom. The molecular formula is C14H15Cl2NO2. The average molecular weight is 300 g/mol. The van der Waals surface area contributed by atoms with Crippen LogP contribution in [0.15, 0.2) is 18.2 Å². The molecule has 1 amide bonds. The van der Waals surface area contributed by atoms with E-state index in [1.807, 2.05) is 6.92 Å². The van der Waals surface area contributed by atoms with Gasteiger partial charge >= 0.3 is 0 Å². The number of carbonyl (C=O) groups is 2. The highest BCUT2D eigenvalue weighted by Crippen LogP contribution is 2.27. The summed E-state index contributed by atoms with van der Waals surface area (Å²) in [4.78, 5) is 25.8. The second kappa shape index (κ2) is 5.93. The van der Waals surface area contributed by atoms with Gasteiger partial charge in [0, 0.05) is 25.4 Å². The zero-order chi connectivity index (χ0) is 14.0. The molecule has 1 unspecified atom stereocenters. The number of carbonyl (C=O) groups excluding carboxylic acids is 2. The predicted octanol–water partition coefficient (Wildman–Crippen LogP) is 3.43. The number of halogens is 2. The fourth-order valence-electron chi connectivity index (χ4n) is 2.29. The van der Waals surface area contributed by atoms with Crippen LogP contribution in [-0.4, -0.2) is 29.7 Å². The summed E-state index contributed by atoms with van der Waals surface area (Å²) in [5, 5.41) is 0.645. The van der Waals surface area contributed by atoms with Crippen molar-refractivity contribution < 1.29 is 9.59 Å². The Balaban J connectivity index is 2.20. The lowest BCUT2D eigenvalue weighted by Crippen LogP contribution is -2.44. The first-order valence-corrected chi connectivity index (χ1v) is 7.06. The molecule has 1 heterocycles. The van der Waals surface area contributed by atoms with Gasteiger partial charge in [-0.2, -0.15) is 0 Å². The molecular weight excluding hydrogens is 285 g/mol. The van der Waals surface area contributed by atoms with Crippen LogP contribution in [0.25, 0.3) is 0 Å². The lowest BCUT2D eigenvalue weighted by molar-refractivity contribution is -0.125. The van der Waals surface area contributed by atoms with Crippen LogP contribution in [0.4, 0.5) is 0 Å². The second-order valence-electron chi connectivity index (χ2n) is 4.67. The average Bonchev–Trinajstić information content (AvgIpc) is 2.41. The van der Waals surface area contributed by atoms with Crippen molar-refractivity contribution >= 4 is 34.9 Å². The van der Waals surface area contributed by atoms with Crippen LogP contribution in [0, 0.1) is 5.92 Å². The van der Waals surface area contributed by atoms with Crippen LogP contribution in [0.2, 0.25) is 10.0 Å². The molecule has 1 aromatic carbocycles. The van der Waals surface area contributed by atoms with Gasteiger partial charge in [-0.3, -0.25) is 9.59 Å². The van der Waals surface area contributed by atoms with E-state index in [4.69, 9.17) is 23.2 Å². The fraction of sp³-hybridized carbons (Fsp3) is 0.429. The van der Waals surface area contributed by atoms with E-state index in [1.165, 1.54) is 0 Å². The quantitative estimate of drug-likeness (QED) is 0.839. The van der Waals surface area contributed by atoms with Crippen molar-refractivity contribution in [2.45, 2.75) is 19.8 Å². The molecule has 1 aliphatic rings. The molecule has 1 aromatic rings. The van der Waals surface area contributed by atoms with E-state index in [-0.39, 0.29) is 22.6 Å². The third-order valence-electron chi connectivity index (χ3n) is 3.49. The first-order valence-electron chi connectivity index (χ1n) is 6.30. The summed E-state index contributed by atoms with van der Waals surface area (Å²) >= 11 is 12.0. The monoisotopic (exact) mass is 299 g/mol. The Bertz CT molecular complexity index is 516. The highest BCUT2D eigenvalue weighted by molar-refractivity contribution is 6.43. The van der Waals surface area contributed by atoms with E-state index >= 15 is 0 Å². The van der Waals surface area contributed by atoms with E-state index in [0.717, 1.165) is 6.42 Å². The molecule has 1 fully saturated rings. The zero-order valence-corrected chi connectivity index (χ0v) is 12.2. The summed E-state index contributed by atoms with van der Waals surface area (Å²) < 4.78 is 0. The number of benzene rings is 1. The summed E-state index contributed by atoms with van der Waals surface area (Å²) in [5.41, 5.74) is 0.401. The largest absolute Gasteiger partial charge is 0.337 e. The topological polar surface area (TPSA) is 37.4 Å². The zero-order valence-electron chi connectivity index (χ0n) is 10.7. The van der Waals surface area contributed by atoms with Crippen molar-refractivity contribution in [3.05, 3.63) is 33.8 Å². The molecule has 19 heavy (non-hydrogen) atoms. The summed E-state index contributed by atoms with van der Waals surface area (Å²) in [7, 11) is 0. The molecule has 1 atom stereocenters. The highest BCUT2D eigenvalue weighted by Gasteiger charge is 2.29. The van der Waals surface area contributed by atoms with Gasteiger partial charge in [0.1, 0.15) is 5.78 Å². The SMILES string of the molecule is CCC1CN(C(=O)c2cccc(Cl)c2Cl)CCC1=O. The lowest BCUT2D eigenvalue weighted by Gasteiger charge is -2.31. The third kappa shape index (κ3) is 2.93. The van der Waals surface area contributed by atoms with Gasteiger partial charge in [-0.25, -0.2) is 0 Å². The maximum absolute atomic E-state index is 12.4. The van der Waals surface area contributed by atoms with Gasteiger partial charge < -0.3 is 4.90 Å². The van der Waals surface area contributed by atoms with Crippen molar-refractivity contribution in [3.8, 4) is 0 Å². The van der Waals surface area contributed by atoms with Crippen LogP contribution in [0.5, 0.6) is 0 Å². The standard InChI is InChI=1S/C14H15Cl2NO2/c1-2-9-8-17(7-6-12(9)18)14(19)10-4-3-5-11(15)13(10)16/h3-5,9H,2,6-8H2,1H3. The summed E-state index contributed by atoms with van der Waals surface area (Å²) in [6.45, 7) is 2.89. The minimum atomic E-state index is -0.154. The Kier molecular flexibility index (Phi) is 4.48. The van der Waals surface area contributed by atoms with Gasteiger partial charge in [-0.1, -0.05) is 36.2 Å². The summed E-state index contributed by atoms with van der Waals surface area (Å²) in [5.74, 6) is 0.0258. The van der Waals surface area contributed by atoms with E-state index in [2.05, 4.69) is 0 Å². The number of hydrogen-bond acceptors (Lipinski definition) is 2. The number of piperidine rings is 1. The van der Waals surface area contributed by atoms with Crippen LogP contribution in [-0.2, 0) is 4.79 Å². The molecule has 5 heteroatoms. The van der Waals surface area contributed by atoms with E-state index < -0.39 is 0 Å². The van der Waals surface area contributed by atoms with Gasteiger partial charge in [-0.15, -0.1) is 0 Å². The molecule has 0 bridgehead atoms. The first-order chi connectivity index (χ1) is 9.04. The first kappa shape index (κ1) is 14.4. The molecule has 1 saturated heterocycles. The second-order valence-corrected chi connectivity index (χ2v) is 5.46. The summed E-state index contributed by atoms with van der Waals surface area (Å²) in [6.07, 6.45) is 1.17. The number of Topliss-reactive ketones (excluding diaryl/α,β-unsaturated/α-hetero) is 1. The molecule has 0 radical (unpaired) electrons. The minimum absolute atomic E-state index is 0.0596. The van der Waals surface area contributed by atoms with Gasteiger partial charge in [0.25, 0.3) is 5.91 Å². The normalized spacial score (nSPS) is 19.6. The van der Waals surface area contributed by atoms with Crippen molar-refractivity contribution in [2.24, 2.45) is 5.92 Å². The lowest BCUT2D eigenvalue weighted by atomic mass is 9.93. The molecule has 2 rings (SSSR count). The molecule has 0 aromatic heterocycles. The van der Waals surface area contributed by atoms with Crippen LogP contribution in [0.1, 0.15) is 30.1 Å². The number of ketones is 1.